The van der Waals surface area contributed by atoms with E-state index in [1.165, 1.54) is 0 Å². The molecule has 3 atom stereocenters. The van der Waals surface area contributed by atoms with Crippen LogP contribution in [0.15, 0.2) is 0 Å². The summed E-state index contributed by atoms with van der Waals surface area (Å²) in [6.07, 6.45) is 2.05. The largest absolute Gasteiger partial charge is 0.481 e. The molecule has 7 heteroatoms. The molecule has 1 saturated heterocycles. The molecule has 1 heterocycles. The molecule has 1 aliphatic carbocycles. The lowest BCUT2D eigenvalue weighted by Gasteiger charge is -2.15. The number of amides is 1. The van der Waals surface area contributed by atoms with E-state index >= 15 is 0 Å². The lowest BCUT2D eigenvalue weighted by Crippen LogP contribution is -2.38. The Hall–Kier alpha value is -1.11. The van der Waals surface area contributed by atoms with Gasteiger partial charge in [0.05, 0.1) is 23.3 Å². The molecule has 0 aromatic carbocycles. The van der Waals surface area contributed by atoms with E-state index in [-0.39, 0.29) is 29.4 Å². The molecular formula is C11H17NO5S. The van der Waals surface area contributed by atoms with Crippen molar-refractivity contribution < 1.29 is 23.1 Å². The van der Waals surface area contributed by atoms with Crippen molar-refractivity contribution in [2.45, 2.75) is 31.7 Å². The first-order chi connectivity index (χ1) is 8.37. The van der Waals surface area contributed by atoms with Crippen molar-refractivity contribution >= 4 is 21.7 Å². The van der Waals surface area contributed by atoms with Gasteiger partial charge in [0, 0.05) is 6.04 Å². The number of hydrogen-bond acceptors (Lipinski definition) is 4. The van der Waals surface area contributed by atoms with Crippen LogP contribution in [0.2, 0.25) is 0 Å². The summed E-state index contributed by atoms with van der Waals surface area (Å²) >= 11 is 0. The minimum absolute atomic E-state index is 0.0755. The molecule has 18 heavy (non-hydrogen) atoms. The number of nitrogens with one attached hydrogen (secondary N) is 1. The average molecular weight is 275 g/mol. The van der Waals surface area contributed by atoms with Crippen LogP contribution in [0, 0.1) is 11.8 Å². The van der Waals surface area contributed by atoms with Gasteiger partial charge in [0.2, 0.25) is 5.91 Å². The molecule has 2 aliphatic rings. The number of carboxylic acid groups (broad SMARTS) is 1. The Morgan fingerprint density at radius 3 is 2.33 bits per heavy atom. The Kier molecular flexibility index (Phi) is 3.61. The van der Waals surface area contributed by atoms with Crippen molar-refractivity contribution in [3.8, 4) is 0 Å². The van der Waals surface area contributed by atoms with Gasteiger partial charge >= 0.3 is 5.97 Å². The molecule has 0 spiro atoms. The molecule has 0 aromatic heterocycles. The Labute approximate surface area is 106 Å². The summed E-state index contributed by atoms with van der Waals surface area (Å²) in [4.78, 5) is 22.6. The van der Waals surface area contributed by atoms with Crippen LogP contribution in [0.1, 0.15) is 25.7 Å². The van der Waals surface area contributed by atoms with Crippen LogP contribution in [0.4, 0.5) is 0 Å². The third-order valence-electron chi connectivity index (χ3n) is 3.73. The van der Waals surface area contributed by atoms with Crippen molar-refractivity contribution in [3.05, 3.63) is 0 Å². The normalized spacial score (nSPS) is 34.3. The summed E-state index contributed by atoms with van der Waals surface area (Å²) < 4.78 is 22.5. The molecule has 1 unspecified atom stereocenters. The highest BCUT2D eigenvalue weighted by atomic mass is 32.2. The van der Waals surface area contributed by atoms with Crippen molar-refractivity contribution in [2.24, 2.45) is 11.8 Å². The number of aliphatic carboxylic acids is 1. The van der Waals surface area contributed by atoms with Crippen LogP contribution in [0.5, 0.6) is 0 Å². The smallest absolute Gasteiger partial charge is 0.306 e. The summed E-state index contributed by atoms with van der Waals surface area (Å²) in [6.45, 7) is 0. The van der Waals surface area contributed by atoms with E-state index in [4.69, 9.17) is 5.11 Å². The fourth-order valence-corrected chi connectivity index (χ4v) is 4.40. The van der Waals surface area contributed by atoms with E-state index in [9.17, 15) is 18.0 Å². The Morgan fingerprint density at radius 1 is 1.11 bits per heavy atom. The van der Waals surface area contributed by atoms with E-state index in [0.717, 1.165) is 0 Å². The molecule has 2 rings (SSSR count). The Morgan fingerprint density at radius 2 is 1.83 bits per heavy atom. The predicted molar refractivity (Wildman–Crippen MR) is 63.7 cm³/mol. The van der Waals surface area contributed by atoms with Gasteiger partial charge in [-0.3, -0.25) is 9.59 Å². The van der Waals surface area contributed by atoms with Crippen LogP contribution >= 0.6 is 0 Å². The lowest BCUT2D eigenvalue weighted by atomic mass is 10.1. The van der Waals surface area contributed by atoms with Gasteiger partial charge in [0.25, 0.3) is 0 Å². The highest BCUT2D eigenvalue weighted by Gasteiger charge is 2.36. The Balaban J connectivity index is 1.84. The van der Waals surface area contributed by atoms with Gasteiger partial charge in [-0.2, -0.15) is 0 Å². The molecule has 0 aromatic rings. The van der Waals surface area contributed by atoms with E-state index < -0.39 is 21.7 Å². The molecular weight excluding hydrogens is 258 g/mol. The predicted octanol–water partition coefficient (Wildman–Crippen LogP) is -0.209. The fraction of sp³-hybridized carbons (Fsp3) is 0.818. The van der Waals surface area contributed by atoms with Crippen LogP contribution in [-0.2, 0) is 19.4 Å². The third kappa shape index (κ3) is 3.01. The van der Waals surface area contributed by atoms with Gasteiger partial charge in [0.1, 0.15) is 0 Å². The van der Waals surface area contributed by atoms with Crippen molar-refractivity contribution in [2.75, 3.05) is 11.5 Å². The molecule has 1 aliphatic heterocycles. The maximum Gasteiger partial charge on any atom is 0.306 e. The standard InChI is InChI=1S/C11H17NO5S/c13-10(8-3-4-18(16,17)6-8)12-9-2-1-7(5-9)11(14)15/h7-9H,1-6H2,(H,12,13)(H,14,15)/t7-,8?,9+/m1/s1. The zero-order chi connectivity index (χ0) is 13.3. The van der Waals surface area contributed by atoms with Gasteiger partial charge < -0.3 is 10.4 Å². The summed E-state index contributed by atoms with van der Waals surface area (Å²) in [6, 6.07) is -0.123. The van der Waals surface area contributed by atoms with Gasteiger partial charge in [-0.25, -0.2) is 8.42 Å². The highest BCUT2D eigenvalue weighted by molar-refractivity contribution is 7.91. The molecule has 0 bridgehead atoms. The highest BCUT2D eigenvalue weighted by Crippen LogP contribution is 2.26. The monoisotopic (exact) mass is 275 g/mol. The summed E-state index contributed by atoms with van der Waals surface area (Å²) in [7, 11) is -3.05. The van der Waals surface area contributed by atoms with E-state index in [1.807, 2.05) is 0 Å². The molecule has 2 N–H and O–H groups in total. The number of sulfone groups is 1. The summed E-state index contributed by atoms with van der Waals surface area (Å²) in [5, 5.41) is 11.6. The van der Waals surface area contributed by atoms with Crippen LogP contribution in [0.25, 0.3) is 0 Å². The second-order valence-corrected chi connectivity index (χ2v) is 7.38. The maximum atomic E-state index is 11.8. The molecule has 6 nitrogen and oxygen atoms in total. The minimum atomic E-state index is -3.05. The summed E-state index contributed by atoms with van der Waals surface area (Å²) in [5.74, 6) is -1.91. The molecule has 1 saturated carbocycles. The minimum Gasteiger partial charge on any atom is -0.481 e. The zero-order valence-electron chi connectivity index (χ0n) is 9.96. The molecule has 1 amide bonds. The number of rotatable bonds is 3. The second-order valence-electron chi connectivity index (χ2n) is 5.15. The quantitative estimate of drug-likeness (QED) is 0.742. The van der Waals surface area contributed by atoms with Gasteiger partial charge in [-0.1, -0.05) is 0 Å². The molecule has 0 radical (unpaired) electrons. The third-order valence-corrected chi connectivity index (χ3v) is 5.50. The van der Waals surface area contributed by atoms with E-state index in [2.05, 4.69) is 5.32 Å². The van der Waals surface area contributed by atoms with Gasteiger partial charge in [0.15, 0.2) is 9.84 Å². The SMILES string of the molecule is O=C(N[C@H]1CC[C@@H](C(=O)O)C1)C1CCS(=O)(=O)C1. The van der Waals surface area contributed by atoms with Crippen LogP contribution in [0.3, 0.4) is 0 Å². The van der Waals surface area contributed by atoms with Crippen molar-refractivity contribution in [3.63, 3.8) is 0 Å². The number of carbonyl (C=O) groups excluding carboxylic acids is 1. The fourth-order valence-electron chi connectivity index (χ4n) is 2.66. The number of carboxylic acids is 1. The first kappa shape index (κ1) is 13.3. The van der Waals surface area contributed by atoms with E-state index in [1.54, 1.807) is 0 Å². The van der Waals surface area contributed by atoms with E-state index in [0.29, 0.717) is 25.7 Å². The zero-order valence-corrected chi connectivity index (χ0v) is 10.8. The maximum absolute atomic E-state index is 11.8. The second kappa shape index (κ2) is 4.87. The van der Waals surface area contributed by atoms with Gasteiger partial charge in [-0.05, 0) is 25.7 Å². The Bertz CT molecular complexity index is 458. The van der Waals surface area contributed by atoms with Gasteiger partial charge in [-0.15, -0.1) is 0 Å². The van der Waals surface area contributed by atoms with Crippen LogP contribution in [-0.4, -0.2) is 42.9 Å². The molecule has 102 valence electrons. The van der Waals surface area contributed by atoms with Crippen molar-refractivity contribution in [1.29, 1.82) is 0 Å². The number of carbonyl (C=O) groups is 2. The first-order valence-electron chi connectivity index (χ1n) is 6.11. The van der Waals surface area contributed by atoms with Crippen LogP contribution < -0.4 is 5.32 Å². The first-order valence-corrected chi connectivity index (χ1v) is 7.93. The number of hydrogen-bond donors (Lipinski definition) is 2. The lowest BCUT2D eigenvalue weighted by molar-refractivity contribution is -0.141. The summed E-state index contributed by atoms with van der Waals surface area (Å²) in [5.41, 5.74) is 0. The topological polar surface area (TPSA) is 101 Å². The average Bonchev–Trinajstić information content (AvgIpc) is 2.84. The van der Waals surface area contributed by atoms with Crippen molar-refractivity contribution in [1.82, 2.24) is 5.32 Å². The molecule has 2 fully saturated rings.